The van der Waals surface area contributed by atoms with E-state index >= 15 is 0 Å². The maximum absolute atomic E-state index is 2.34. The van der Waals surface area contributed by atoms with Crippen LogP contribution in [0.3, 0.4) is 0 Å². The minimum atomic E-state index is 0.673. The summed E-state index contributed by atoms with van der Waals surface area (Å²) >= 11 is 0. The topological polar surface area (TPSA) is 0 Å². The molecular weight excluding hydrogens is 168 g/mol. The summed E-state index contributed by atoms with van der Waals surface area (Å²) in [6, 6.07) is 9.01. The highest BCUT2D eigenvalue weighted by molar-refractivity contribution is 5.33. The molecule has 0 radical (unpaired) electrons. The van der Waals surface area contributed by atoms with Crippen LogP contribution >= 0.6 is 0 Å². The predicted octanol–water partition coefficient (Wildman–Crippen LogP) is 4.47. The van der Waals surface area contributed by atoms with Crippen molar-refractivity contribution < 1.29 is 0 Å². The zero-order chi connectivity index (χ0) is 9.97. The number of rotatable bonds is 2. The van der Waals surface area contributed by atoms with Gasteiger partial charge in [-0.15, -0.1) is 0 Å². The lowest BCUT2D eigenvalue weighted by Crippen LogP contribution is -2.00. The van der Waals surface area contributed by atoms with E-state index < -0.39 is 0 Å². The van der Waals surface area contributed by atoms with E-state index in [9.17, 15) is 0 Å². The summed E-state index contributed by atoms with van der Waals surface area (Å²) in [7, 11) is 0. The first-order valence-corrected chi connectivity index (χ1v) is 5.88. The Morgan fingerprint density at radius 2 is 1.71 bits per heavy atom. The first-order chi connectivity index (χ1) is 6.79. The summed E-state index contributed by atoms with van der Waals surface area (Å²) in [6.07, 6.45) is 5.67. The molecule has 2 rings (SSSR count). The van der Waals surface area contributed by atoms with Gasteiger partial charge < -0.3 is 0 Å². The lowest BCUT2D eigenvalue weighted by Gasteiger charge is -2.17. The van der Waals surface area contributed by atoms with Gasteiger partial charge in [0, 0.05) is 0 Å². The molecule has 76 valence electrons. The van der Waals surface area contributed by atoms with Gasteiger partial charge in [0.05, 0.1) is 0 Å². The smallest absolute Gasteiger partial charge is 0.0159 e. The molecule has 0 unspecified atom stereocenters. The average molecular weight is 188 g/mol. The highest BCUT2D eigenvalue weighted by Crippen LogP contribution is 2.37. The molecule has 1 aliphatic carbocycles. The Morgan fingerprint density at radius 1 is 1.07 bits per heavy atom. The zero-order valence-electron chi connectivity index (χ0n) is 9.29. The standard InChI is InChI=1S/C14H20/c1-11(2)13-9-5-6-10-14(13)12-7-3-4-8-12/h5-6,9-12H,3-4,7-8H2,1-2H3. The van der Waals surface area contributed by atoms with Gasteiger partial charge in [-0.2, -0.15) is 0 Å². The van der Waals surface area contributed by atoms with E-state index in [0.717, 1.165) is 5.92 Å². The second-order valence-electron chi connectivity index (χ2n) is 4.76. The maximum atomic E-state index is 2.34. The molecular formula is C14H20. The quantitative estimate of drug-likeness (QED) is 0.642. The maximum Gasteiger partial charge on any atom is -0.0159 e. The Hall–Kier alpha value is -0.780. The fourth-order valence-electron chi connectivity index (χ4n) is 2.65. The molecule has 0 saturated heterocycles. The van der Waals surface area contributed by atoms with Crippen LogP contribution in [0.5, 0.6) is 0 Å². The van der Waals surface area contributed by atoms with Crippen LogP contribution in [0, 0.1) is 0 Å². The summed E-state index contributed by atoms with van der Waals surface area (Å²) < 4.78 is 0. The van der Waals surface area contributed by atoms with Gasteiger partial charge in [0.25, 0.3) is 0 Å². The van der Waals surface area contributed by atoms with Crippen LogP contribution in [-0.2, 0) is 0 Å². The third-order valence-electron chi connectivity index (χ3n) is 3.41. The van der Waals surface area contributed by atoms with E-state index in [1.807, 2.05) is 0 Å². The Morgan fingerprint density at radius 3 is 2.36 bits per heavy atom. The van der Waals surface area contributed by atoms with Crippen LogP contribution in [0.1, 0.15) is 62.5 Å². The molecule has 1 aliphatic rings. The van der Waals surface area contributed by atoms with Crippen LogP contribution in [0.2, 0.25) is 0 Å². The Balaban J connectivity index is 2.30. The second-order valence-corrected chi connectivity index (χ2v) is 4.76. The van der Waals surface area contributed by atoms with Gasteiger partial charge in [-0.1, -0.05) is 51.0 Å². The van der Waals surface area contributed by atoms with E-state index in [2.05, 4.69) is 38.1 Å². The molecule has 1 aromatic rings. The molecule has 14 heavy (non-hydrogen) atoms. The fourth-order valence-corrected chi connectivity index (χ4v) is 2.65. The van der Waals surface area contributed by atoms with Crippen molar-refractivity contribution in [3.8, 4) is 0 Å². The molecule has 0 nitrogen and oxygen atoms in total. The Kier molecular flexibility index (Phi) is 2.90. The summed E-state index contributed by atoms with van der Waals surface area (Å²) in [5.41, 5.74) is 3.19. The zero-order valence-corrected chi connectivity index (χ0v) is 9.29. The number of benzene rings is 1. The van der Waals surface area contributed by atoms with E-state index in [0.29, 0.717) is 5.92 Å². The van der Waals surface area contributed by atoms with Gasteiger partial charge in [-0.25, -0.2) is 0 Å². The minimum Gasteiger partial charge on any atom is -0.0620 e. The number of hydrogen-bond acceptors (Lipinski definition) is 0. The molecule has 0 amide bonds. The molecule has 0 aliphatic heterocycles. The second kappa shape index (κ2) is 4.16. The molecule has 1 saturated carbocycles. The first kappa shape index (κ1) is 9.76. The summed E-state index contributed by atoms with van der Waals surface area (Å²) in [5, 5.41) is 0. The van der Waals surface area contributed by atoms with Crippen LogP contribution in [-0.4, -0.2) is 0 Å². The molecule has 0 spiro atoms. The molecule has 1 fully saturated rings. The first-order valence-electron chi connectivity index (χ1n) is 5.88. The van der Waals surface area contributed by atoms with Gasteiger partial charge in [0.1, 0.15) is 0 Å². The molecule has 0 aromatic heterocycles. The summed E-state index contributed by atoms with van der Waals surface area (Å²) in [4.78, 5) is 0. The monoisotopic (exact) mass is 188 g/mol. The molecule has 0 bridgehead atoms. The molecule has 0 N–H and O–H groups in total. The number of hydrogen-bond donors (Lipinski definition) is 0. The van der Waals surface area contributed by atoms with Crippen molar-refractivity contribution in [1.29, 1.82) is 0 Å². The Bertz CT molecular complexity index is 293. The van der Waals surface area contributed by atoms with Crippen LogP contribution in [0.15, 0.2) is 24.3 Å². The normalized spacial score (nSPS) is 17.9. The van der Waals surface area contributed by atoms with E-state index in [1.54, 1.807) is 11.1 Å². The third-order valence-corrected chi connectivity index (χ3v) is 3.41. The van der Waals surface area contributed by atoms with Crippen LogP contribution in [0.4, 0.5) is 0 Å². The fraction of sp³-hybridized carbons (Fsp3) is 0.571. The predicted molar refractivity (Wildman–Crippen MR) is 61.7 cm³/mol. The van der Waals surface area contributed by atoms with Crippen molar-refractivity contribution in [3.63, 3.8) is 0 Å². The lowest BCUT2D eigenvalue weighted by atomic mass is 9.88. The van der Waals surface area contributed by atoms with Gasteiger partial charge in [0.2, 0.25) is 0 Å². The molecule has 1 aromatic carbocycles. The summed E-state index contributed by atoms with van der Waals surface area (Å²) in [6.45, 7) is 4.60. The van der Waals surface area contributed by atoms with Crippen LogP contribution in [0.25, 0.3) is 0 Å². The van der Waals surface area contributed by atoms with Crippen molar-refractivity contribution in [1.82, 2.24) is 0 Å². The van der Waals surface area contributed by atoms with Crippen molar-refractivity contribution in [2.24, 2.45) is 0 Å². The van der Waals surface area contributed by atoms with E-state index in [4.69, 9.17) is 0 Å². The SMILES string of the molecule is CC(C)c1ccccc1C1CCCC1. The van der Waals surface area contributed by atoms with Crippen molar-refractivity contribution >= 4 is 0 Å². The molecule has 0 heterocycles. The average Bonchev–Trinajstić information content (AvgIpc) is 2.70. The van der Waals surface area contributed by atoms with Crippen molar-refractivity contribution in [3.05, 3.63) is 35.4 Å². The van der Waals surface area contributed by atoms with Crippen molar-refractivity contribution in [2.75, 3.05) is 0 Å². The van der Waals surface area contributed by atoms with Gasteiger partial charge >= 0.3 is 0 Å². The van der Waals surface area contributed by atoms with Crippen LogP contribution < -0.4 is 0 Å². The lowest BCUT2D eigenvalue weighted by molar-refractivity contribution is 0.698. The van der Waals surface area contributed by atoms with Gasteiger partial charge in [-0.05, 0) is 35.8 Å². The van der Waals surface area contributed by atoms with E-state index in [-0.39, 0.29) is 0 Å². The molecule has 0 atom stereocenters. The third kappa shape index (κ3) is 1.84. The summed E-state index contributed by atoms with van der Waals surface area (Å²) in [5.74, 6) is 1.53. The highest BCUT2D eigenvalue weighted by atomic mass is 14.2. The van der Waals surface area contributed by atoms with E-state index in [1.165, 1.54) is 25.7 Å². The van der Waals surface area contributed by atoms with Crippen molar-refractivity contribution in [2.45, 2.75) is 51.4 Å². The minimum absolute atomic E-state index is 0.673. The molecule has 0 heteroatoms. The highest BCUT2D eigenvalue weighted by Gasteiger charge is 2.19. The largest absolute Gasteiger partial charge is 0.0620 e. The van der Waals surface area contributed by atoms with Gasteiger partial charge in [0.15, 0.2) is 0 Å². The van der Waals surface area contributed by atoms with Gasteiger partial charge in [-0.3, -0.25) is 0 Å². The Labute approximate surface area is 87.3 Å².